The number of aromatic nitrogens is 4. The molecule has 0 aliphatic heterocycles. The molecule has 0 radical (unpaired) electrons. The lowest BCUT2D eigenvalue weighted by molar-refractivity contribution is 0.0844. The van der Waals surface area contributed by atoms with Gasteiger partial charge < -0.3 is 0 Å². The summed E-state index contributed by atoms with van der Waals surface area (Å²) in [6, 6.07) is 15.2. The molecule has 2 amide bonds. The number of nitrogens with one attached hydrogen (secondary N) is 3. The molecule has 0 aliphatic rings. The van der Waals surface area contributed by atoms with Crippen LogP contribution in [0.1, 0.15) is 26.5 Å². The van der Waals surface area contributed by atoms with Gasteiger partial charge in [-0.05, 0) is 43.3 Å². The Morgan fingerprint density at radius 3 is 2.31 bits per heavy atom. The predicted octanol–water partition coefficient (Wildman–Crippen LogP) is 1.49. The number of hydrogen-bond acceptors (Lipinski definition) is 5. The summed E-state index contributed by atoms with van der Waals surface area (Å²) in [6.45, 7) is 1.93. The van der Waals surface area contributed by atoms with E-state index < -0.39 is 17.4 Å². The molecule has 4 aromatic rings. The molecule has 4 rings (SSSR count). The van der Waals surface area contributed by atoms with Gasteiger partial charge in [0.2, 0.25) is 0 Å². The number of aromatic amines is 1. The highest BCUT2D eigenvalue weighted by molar-refractivity contribution is 6.05. The van der Waals surface area contributed by atoms with Crippen molar-refractivity contribution in [2.75, 3.05) is 0 Å². The first kappa shape index (κ1) is 18.1. The fourth-order valence-electron chi connectivity index (χ4n) is 2.93. The Labute approximate surface area is 164 Å². The van der Waals surface area contributed by atoms with Crippen molar-refractivity contribution in [2.24, 2.45) is 0 Å². The highest BCUT2D eigenvalue weighted by atomic mass is 16.2. The SMILES string of the molecule is Cc1ccnn1-c1ccc(C(=O)NNC(=O)c2n[nH]c(=O)c3ccccc23)cc1. The number of hydrogen-bond donors (Lipinski definition) is 3. The highest BCUT2D eigenvalue weighted by Crippen LogP contribution is 2.13. The molecule has 0 spiro atoms. The van der Waals surface area contributed by atoms with Crippen LogP contribution in [0.15, 0.2) is 65.6 Å². The van der Waals surface area contributed by atoms with Gasteiger partial charge in [-0.2, -0.15) is 10.2 Å². The summed E-state index contributed by atoms with van der Waals surface area (Å²) in [4.78, 5) is 36.6. The van der Waals surface area contributed by atoms with Crippen LogP contribution in [0.4, 0.5) is 0 Å². The van der Waals surface area contributed by atoms with Crippen LogP contribution in [-0.4, -0.2) is 31.8 Å². The second kappa shape index (κ2) is 7.39. The molecule has 0 saturated heterocycles. The van der Waals surface area contributed by atoms with Gasteiger partial charge in [-0.3, -0.25) is 25.2 Å². The topological polar surface area (TPSA) is 122 Å². The van der Waals surface area contributed by atoms with Crippen LogP contribution in [-0.2, 0) is 0 Å². The molecule has 0 unspecified atom stereocenters. The average molecular weight is 388 g/mol. The second-order valence-corrected chi connectivity index (χ2v) is 6.29. The van der Waals surface area contributed by atoms with Gasteiger partial charge in [-0.15, -0.1) is 0 Å². The Hall–Kier alpha value is -4.27. The van der Waals surface area contributed by atoms with Gasteiger partial charge in [0.05, 0.1) is 11.1 Å². The largest absolute Gasteiger partial charge is 0.290 e. The molecule has 0 saturated carbocycles. The molecular formula is C20H16N6O3. The van der Waals surface area contributed by atoms with Crippen LogP contribution in [0.25, 0.3) is 16.5 Å². The van der Waals surface area contributed by atoms with Crippen LogP contribution in [0.3, 0.4) is 0 Å². The first-order chi connectivity index (χ1) is 14.0. The van der Waals surface area contributed by atoms with E-state index in [1.54, 1.807) is 59.4 Å². The van der Waals surface area contributed by atoms with Crippen molar-refractivity contribution in [3.8, 4) is 5.69 Å². The molecular weight excluding hydrogens is 372 g/mol. The third kappa shape index (κ3) is 3.48. The van der Waals surface area contributed by atoms with Gasteiger partial charge >= 0.3 is 0 Å². The second-order valence-electron chi connectivity index (χ2n) is 6.29. The standard InChI is InChI=1S/C20H16N6O3/c1-12-10-11-21-26(12)14-8-6-13(7-9-14)18(27)23-25-20(29)17-15-4-2-3-5-16(15)19(28)24-22-17/h2-11H,1H3,(H,23,27)(H,24,28)(H,25,29). The number of aryl methyl sites for hydroxylation is 1. The summed E-state index contributed by atoms with van der Waals surface area (Å²) in [7, 11) is 0. The molecule has 144 valence electrons. The Morgan fingerprint density at radius 2 is 1.62 bits per heavy atom. The molecule has 0 aliphatic carbocycles. The normalized spacial score (nSPS) is 10.7. The van der Waals surface area contributed by atoms with Gasteiger partial charge in [-0.1, -0.05) is 18.2 Å². The minimum atomic E-state index is -0.644. The number of hydrazine groups is 1. The highest BCUT2D eigenvalue weighted by Gasteiger charge is 2.15. The van der Waals surface area contributed by atoms with Crippen molar-refractivity contribution in [2.45, 2.75) is 6.92 Å². The van der Waals surface area contributed by atoms with Gasteiger partial charge in [0, 0.05) is 22.8 Å². The summed E-state index contributed by atoms with van der Waals surface area (Å²) in [5.74, 6) is -1.13. The Morgan fingerprint density at radius 1 is 0.931 bits per heavy atom. The van der Waals surface area contributed by atoms with E-state index in [1.807, 2.05) is 13.0 Å². The fraction of sp³-hybridized carbons (Fsp3) is 0.0500. The quantitative estimate of drug-likeness (QED) is 0.459. The maximum Gasteiger partial charge on any atom is 0.290 e. The van der Waals surface area contributed by atoms with Crippen LogP contribution in [0.2, 0.25) is 0 Å². The lowest BCUT2D eigenvalue weighted by Gasteiger charge is -2.09. The zero-order valence-electron chi connectivity index (χ0n) is 15.3. The van der Waals surface area contributed by atoms with Crippen LogP contribution in [0.5, 0.6) is 0 Å². The number of benzene rings is 2. The molecule has 0 bridgehead atoms. The molecule has 2 aromatic carbocycles. The Balaban J connectivity index is 1.47. The Bertz CT molecular complexity index is 1270. The Kier molecular flexibility index (Phi) is 4.62. The first-order valence-corrected chi connectivity index (χ1v) is 8.74. The molecule has 2 heterocycles. The molecule has 9 heteroatoms. The van der Waals surface area contributed by atoms with E-state index in [1.165, 1.54) is 0 Å². The monoisotopic (exact) mass is 388 g/mol. The minimum absolute atomic E-state index is 0.00463. The van der Waals surface area contributed by atoms with Gasteiger partial charge in [0.15, 0.2) is 5.69 Å². The van der Waals surface area contributed by atoms with E-state index in [-0.39, 0.29) is 5.69 Å². The fourth-order valence-corrected chi connectivity index (χ4v) is 2.93. The van der Waals surface area contributed by atoms with Crippen molar-refractivity contribution in [1.82, 2.24) is 30.8 Å². The summed E-state index contributed by atoms with van der Waals surface area (Å²) < 4.78 is 1.75. The van der Waals surface area contributed by atoms with Crippen LogP contribution in [0, 0.1) is 6.92 Å². The maximum atomic E-state index is 12.4. The lowest BCUT2D eigenvalue weighted by atomic mass is 10.1. The molecule has 2 aromatic heterocycles. The third-order valence-corrected chi connectivity index (χ3v) is 4.41. The smallest absolute Gasteiger partial charge is 0.267 e. The summed E-state index contributed by atoms with van der Waals surface area (Å²) in [6.07, 6.45) is 1.69. The van der Waals surface area contributed by atoms with Crippen molar-refractivity contribution in [3.63, 3.8) is 0 Å². The van der Waals surface area contributed by atoms with Crippen molar-refractivity contribution in [1.29, 1.82) is 0 Å². The van der Waals surface area contributed by atoms with Gasteiger partial charge in [0.1, 0.15) is 0 Å². The summed E-state index contributed by atoms with van der Waals surface area (Å²) in [5, 5.41) is 11.0. The number of amides is 2. The van der Waals surface area contributed by atoms with E-state index in [9.17, 15) is 14.4 Å². The molecule has 0 atom stereocenters. The molecule has 9 nitrogen and oxygen atoms in total. The van der Waals surface area contributed by atoms with E-state index in [2.05, 4.69) is 26.1 Å². The molecule has 29 heavy (non-hydrogen) atoms. The number of carbonyl (C=O) groups is 2. The summed E-state index contributed by atoms with van der Waals surface area (Å²) >= 11 is 0. The zero-order valence-corrected chi connectivity index (χ0v) is 15.3. The van der Waals surface area contributed by atoms with E-state index >= 15 is 0 Å². The first-order valence-electron chi connectivity index (χ1n) is 8.74. The number of fused-ring (bicyclic) bond motifs is 1. The number of rotatable bonds is 3. The van der Waals surface area contributed by atoms with E-state index in [4.69, 9.17) is 0 Å². The number of carbonyl (C=O) groups excluding carboxylic acids is 2. The van der Waals surface area contributed by atoms with Crippen LogP contribution < -0.4 is 16.4 Å². The zero-order chi connectivity index (χ0) is 20.4. The van der Waals surface area contributed by atoms with Crippen molar-refractivity contribution in [3.05, 3.63) is 88.1 Å². The molecule has 0 fully saturated rings. The lowest BCUT2D eigenvalue weighted by Crippen LogP contribution is -2.42. The minimum Gasteiger partial charge on any atom is -0.267 e. The van der Waals surface area contributed by atoms with Crippen molar-refractivity contribution < 1.29 is 9.59 Å². The van der Waals surface area contributed by atoms with E-state index in [0.29, 0.717) is 16.3 Å². The number of nitrogens with zero attached hydrogens (tertiary/aromatic N) is 3. The number of H-pyrrole nitrogens is 1. The van der Waals surface area contributed by atoms with Crippen LogP contribution >= 0.6 is 0 Å². The summed E-state index contributed by atoms with van der Waals surface area (Å²) in [5.41, 5.74) is 6.42. The molecule has 3 N–H and O–H groups in total. The maximum absolute atomic E-state index is 12.4. The van der Waals surface area contributed by atoms with Crippen molar-refractivity contribution >= 4 is 22.6 Å². The third-order valence-electron chi connectivity index (χ3n) is 4.41. The van der Waals surface area contributed by atoms with Gasteiger partial charge in [0.25, 0.3) is 17.4 Å². The van der Waals surface area contributed by atoms with Gasteiger partial charge in [-0.25, -0.2) is 9.78 Å². The average Bonchev–Trinajstić information content (AvgIpc) is 3.18. The van der Waals surface area contributed by atoms with E-state index in [0.717, 1.165) is 11.4 Å². The predicted molar refractivity (Wildman–Crippen MR) is 106 cm³/mol.